The van der Waals surface area contributed by atoms with E-state index in [1.807, 2.05) is 6.07 Å². The van der Waals surface area contributed by atoms with Gasteiger partial charge in [-0.1, -0.05) is 18.2 Å². The minimum atomic E-state index is 0.170. The quantitative estimate of drug-likeness (QED) is 0.447. The number of benzene rings is 2. The van der Waals surface area contributed by atoms with Gasteiger partial charge in [0.05, 0.1) is 7.11 Å². The van der Waals surface area contributed by atoms with Crippen LogP contribution in [0.3, 0.4) is 0 Å². The standard InChI is InChI=1S/C20H23IO3/c1-24-20-13-9-16(14-19(20)23)4-2-3-5-18(22)12-8-15-6-10-17(21)11-7-15/h6-7,9-11,13-14,23H,2-5,8,12H2,1H3. The topological polar surface area (TPSA) is 46.5 Å². The van der Waals surface area contributed by atoms with Crippen molar-refractivity contribution in [2.24, 2.45) is 0 Å². The second-order valence-electron chi connectivity index (χ2n) is 5.88. The van der Waals surface area contributed by atoms with E-state index in [4.69, 9.17) is 4.74 Å². The van der Waals surface area contributed by atoms with E-state index in [9.17, 15) is 9.90 Å². The first-order valence-electron chi connectivity index (χ1n) is 8.20. The molecule has 0 amide bonds. The zero-order valence-corrected chi connectivity index (χ0v) is 16.1. The molecule has 4 heteroatoms. The number of aryl methyl sites for hydroxylation is 2. The van der Waals surface area contributed by atoms with Crippen LogP contribution < -0.4 is 4.74 Å². The number of rotatable bonds is 9. The van der Waals surface area contributed by atoms with Crippen molar-refractivity contribution in [3.8, 4) is 11.5 Å². The molecular weight excluding hydrogens is 415 g/mol. The van der Waals surface area contributed by atoms with Gasteiger partial charge in [-0.15, -0.1) is 0 Å². The molecule has 1 N–H and O–H groups in total. The Morgan fingerprint density at radius 3 is 2.38 bits per heavy atom. The van der Waals surface area contributed by atoms with Gasteiger partial charge in [0, 0.05) is 16.4 Å². The number of phenolic OH excluding ortho intramolecular Hbond substituents is 1. The van der Waals surface area contributed by atoms with Gasteiger partial charge in [-0.2, -0.15) is 0 Å². The summed E-state index contributed by atoms with van der Waals surface area (Å²) in [4.78, 5) is 12.0. The summed E-state index contributed by atoms with van der Waals surface area (Å²) in [5.74, 6) is 0.985. The van der Waals surface area contributed by atoms with Gasteiger partial charge in [-0.25, -0.2) is 0 Å². The minimum Gasteiger partial charge on any atom is -0.504 e. The second-order valence-corrected chi connectivity index (χ2v) is 7.12. The van der Waals surface area contributed by atoms with Gasteiger partial charge in [0.25, 0.3) is 0 Å². The number of aromatic hydroxyl groups is 1. The number of ether oxygens (including phenoxy) is 1. The molecule has 24 heavy (non-hydrogen) atoms. The van der Waals surface area contributed by atoms with Gasteiger partial charge in [0.1, 0.15) is 5.78 Å². The molecule has 128 valence electrons. The molecule has 0 atom stereocenters. The normalized spacial score (nSPS) is 10.6. The van der Waals surface area contributed by atoms with Crippen LogP contribution in [0, 0.1) is 3.57 Å². The molecule has 0 heterocycles. The summed E-state index contributed by atoms with van der Waals surface area (Å²) >= 11 is 2.28. The number of Topliss-reactive ketones (excluding diaryl/α,β-unsaturated/α-hetero) is 1. The van der Waals surface area contributed by atoms with Gasteiger partial charge in [0.15, 0.2) is 11.5 Å². The maximum absolute atomic E-state index is 12.0. The molecule has 0 saturated carbocycles. The maximum Gasteiger partial charge on any atom is 0.160 e. The molecule has 0 spiro atoms. The van der Waals surface area contributed by atoms with Crippen LogP contribution in [-0.4, -0.2) is 18.0 Å². The van der Waals surface area contributed by atoms with Crippen LogP contribution in [0.4, 0.5) is 0 Å². The first kappa shape index (κ1) is 18.8. The molecule has 0 unspecified atom stereocenters. The third-order valence-corrected chi connectivity index (χ3v) is 4.74. The summed E-state index contributed by atoms with van der Waals surface area (Å²) in [6.45, 7) is 0. The van der Waals surface area contributed by atoms with E-state index in [1.165, 1.54) is 16.2 Å². The van der Waals surface area contributed by atoms with Crippen molar-refractivity contribution in [2.75, 3.05) is 7.11 Å². The van der Waals surface area contributed by atoms with Crippen molar-refractivity contribution in [2.45, 2.75) is 38.5 Å². The molecule has 0 aliphatic carbocycles. The molecule has 0 radical (unpaired) electrons. The smallest absolute Gasteiger partial charge is 0.160 e. The van der Waals surface area contributed by atoms with Crippen LogP contribution in [-0.2, 0) is 17.6 Å². The van der Waals surface area contributed by atoms with Gasteiger partial charge < -0.3 is 9.84 Å². The Morgan fingerprint density at radius 1 is 1.00 bits per heavy atom. The Kier molecular flexibility index (Phi) is 7.56. The zero-order valence-electron chi connectivity index (χ0n) is 13.9. The van der Waals surface area contributed by atoms with Crippen molar-refractivity contribution in [1.82, 2.24) is 0 Å². The van der Waals surface area contributed by atoms with E-state index >= 15 is 0 Å². The molecule has 3 nitrogen and oxygen atoms in total. The largest absolute Gasteiger partial charge is 0.504 e. The lowest BCUT2D eigenvalue weighted by Gasteiger charge is -2.06. The van der Waals surface area contributed by atoms with Gasteiger partial charge in [-0.05, 0) is 83.7 Å². The third-order valence-electron chi connectivity index (χ3n) is 4.02. The van der Waals surface area contributed by atoms with Crippen molar-refractivity contribution in [1.29, 1.82) is 0 Å². The van der Waals surface area contributed by atoms with Crippen LogP contribution in [0.1, 0.15) is 36.8 Å². The molecular formula is C20H23IO3. The van der Waals surface area contributed by atoms with Gasteiger partial charge in [-0.3, -0.25) is 4.79 Å². The predicted octanol–water partition coefficient (Wildman–Crippen LogP) is 4.92. The molecule has 2 aromatic rings. The van der Waals surface area contributed by atoms with Crippen LogP contribution >= 0.6 is 22.6 Å². The Labute approximate surface area is 157 Å². The maximum atomic E-state index is 12.0. The number of ketones is 1. The average molecular weight is 438 g/mol. The number of carbonyl (C=O) groups excluding carboxylic acids is 1. The van der Waals surface area contributed by atoms with Crippen LogP contribution in [0.25, 0.3) is 0 Å². The number of hydrogen-bond acceptors (Lipinski definition) is 3. The fourth-order valence-electron chi connectivity index (χ4n) is 2.60. The number of carbonyl (C=O) groups is 1. The lowest BCUT2D eigenvalue weighted by Crippen LogP contribution is -2.00. The minimum absolute atomic E-state index is 0.170. The molecule has 0 aliphatic rings. The van der Waals surface area contributed by atoms with E-state index in [2.05, 4.69) is 46.9 Å². The summed E-state index contributed by atoms with van der Waals surface area (Å²) < 4.78 is 6.25. The highest BCUT2D eigenvalue weighted by Crippen LogP contribution is 2.26. The van der Waals surface area contributed by atoms with Crippen LogP contribution in [0.5, 0.6) is 11.5 Å². The summed E-state index contributed by atoms with van der Waals surface area (Å²) in [5, 5.41) is 9.75. The van der Waals surface area contributed by atoms with Crippen molar-refractivity contribution in [3.05, 3.63) is 57.2 Å². The number of unbranched alkanes of at least 4 members (excludes halogenated alkanes) is 1. The zero-order chi connectivity index (χ0) is 17.4. The molecule has 2 rings (SSSR count). The van der Waals surface area contributed by atoms with Gasteiger partial charge >= 0.3 is 0 Å². The lowest BCUT2D eigenvalue weighted by molar-refractivity contribution is -0.119. The van der Waals surface area contributed by atoms with Crippen LogP contribution in [0.15, 0.2) is 42.5 Å². The second kappa shape index (κ2) is 9.67. The SMILES string of the molecule is COc1ccc(CCCCC(=O)CCc2ccc(I)cc2)cc1O. The highest BCUT2D eigenvalue weighted by Gasteiger charge is 2.05. The Hall–Kier alpha value is -1.56. The fourth-order valence-corrected chi connectivity index (χ4v) is 2.96. The highest BCUT2D eigenvalue weighted by atomic mass is 127. The lowest BCUT2D eigenvalue weighted by atomic mass is 10.0. The van der Waals surface area contributed by atoms with Crippen molar-refractivity contribution >= 4 is 28.4 Å². The Morgan fingerprint density at radius 2 is 1.71 bits per heavy atom. The number of methoxy groups -OCH3 is 1. The van der Waals surface area contributed by atoms with Crippen LogP contribution in [0.2, 0.25) is 0 Å². The van der Waals surface area contributed by atoms with Gasteiger partial charge in [0.2, 0.25) is 0 Å². The van der Waals surface area contributed by atoms with E-state index in [-0.39, 0.29) is 5.75 Å². The van der Waals surface area contributed by atoms with E-state index in [1.54, 1.807) is 12.1 Å². The van der Waals surface area contributed by atoms with E-state index in [0.29, 0.717) is 24.4 Å². The predicted molar refractivity (Wildman–Crippen MR) is 105 cm³/mol. The average Bonchev–Trinajstić information content (AvgIpc) is 2.58. The third kappa shape index (κ3) is 6.15. The number of phenols is 1. The first-order chi connectivity index (χ1) is 11.6. The molecule has 0 bridgehead atoms. The molecule has 0 fully saturated rings. The highest BCUT2D eigenvalue weighted by molar-refractivity contribution is 14.1. The summed E-state index contributed by atoms with van der Waals surface area (Å²) in [6.07, 6.45) is 4.76. The summed E-state index contributed by atoms with van der Waals surface area (Å²) in [5.41, 5.74) is 2.29. The Balaban J connectivity index is 1.65. The van der Waals surface area contributed by atoms with Crippen molar-refractivity contribution in [3.63, 3.8) is 0 Å². The van der Waals surface area contributed by atoms with Crippen molar-refractivity contribution < 1.29 is 14.6 Å². The number of hydrogen-bond donors (Lipinski definition) is 1. The summed E-state index contributed by atoms with van der Waals surface area (Å²) in [7, 11) is 1.54. The molecule has 0 aliphatic heterocycles. The Bertz CT molecular complexity index is 665. The first-order valence-corrected chi connectivity index (χ1v) is 9.28. The monoisotopic (exact) mass is 438 g/mol. The summed E-state index contributed by atoms with van der Waals surface area (Å²) in [6, 6.07) is 13.8. The fraction of sp³-hybridized carbons (Fsp3) is 0.350. The molecule has 0 saturated heterocycles. The van der Waals surface area contributed by atoms with E-state index < -0.39 is 0 Å². The number of halogens is 1. The molecule has 0 aromatic heterocycles. The molecule has 2 aromatic carbocycles. The van der Waals surface area contributed by atoms with E-state index in [0.717, 1.165) is 31.2 Å².